The highest BCUT2D eigenvalue weighted by Gasteiger charge is 2.40. The van der Waals surface area contributed by atoms with Crippen LogP contribution < -0.4 is 9.80 Å². The molecule has 2 unspecified atom stereocenters. The average Bonchev–Trinajstić information content (AvgIpc) is 3.14. The second kappa shape index (κ2) is 5.76. The minimum atomic E-state index is 0.436. The summed E-state index contributed by atoms with van der Waals surface area (Å²) in [7, 11) is 0. The number of anilines is 2. The summed E-state index contributed by atoms with van der Waals surface area (Å²) in [4.78, 5) is 22.2. The third-order valence-corrected chi connectivity index (χ3v) is 4.95. The monoisotopic (exact) mass is 310 g/mol. The Morgan fingerprint density at radius 1 is 0.913 bits per heavy atom. The van der Waals surface area contributed by atoms with E-state index < -0.39 is 0 Å². The van der Waals surface area contributed by atoms with Crippen molar-refractivity contribution in [1.82, 2.24) is 19.9 Å². The number of fused-ring (bicyclic) bond motifs is 1. The summed E-state index contributed by atoms with van der Waals surface area (Å²) in [6.45, 7) is 8.59. The highest BCUT2D eigenvalue weighted by molar-refractivity contribution is 5.44. The molecular weight excluding hydrogens is 288 g/mol. The Balaban J connectivity index is 1.45. The molecule has 2 aliphatic rings. The van der Waals surface area contributed by atoms with E-state index in [1.165, 1.54) is 0 Å². The first-order valence-electron chi connectivity index (χ1n) is 8.28. The van der Waals surface area contributed by atoms with E-state index >= 15 is 0 Å². The molecule has 2 aromatic heterocycles. The third-order valence-electron chi connectivity index (χ3n) is 4.95. The lowest BCUT2D eigenvalue weighted by atomic mass is 10.0. The first-order valence-corrected chi connectivity index (χ1v) is 8.28. The Kier molecular flexibility index (Phi) is 3.59. The fourth-order valence-corrected chi connectivity index (χ4v) is 3.67. The molecule has 0 saturated carbocycles. The van der Waals surface area contributed by atoms with Crippen LogP contribution in [0.25, 0.3) is 0 Å². The smallest absolute Gasteiger partial charge is 0.147 e. The molecular formula is C17H22N6. The number of hydrogen-bond donors (Lipinski definition) is 0. The highest BCUT2D eigenvalue weighted by atomic mass is 15.3. The topological polar surface area (TPSA) is 58.0 Å². The van der Waals surface area contributed by atoms with Crippen LogP contribution in [-0.4, -0.2) is 46.1 Å². The normalized spacial score (nSPS) is 23.6. The lowest BCUT2D eigenvalue weighted by Crippen LogP contribution is -2.29. The highest BCUT2D eigenvalue weighted by Crippen LogP contribution is 2.35. The summed E-state index contributed by atoms with van der Waals surface area (Å²) < 4.78 is 0. The molecule has 0 aromatic carbocycles. The maximum absolute atomic E-state index is 4.49. The van der Waals surface area contributed by atoms with E-state index in [1.54, 1.807) is 18.7 Å². The zero-order valence-electron chi connectivity index (χ0n) is 13.6. The van der Waals surface area contributed by atoms with Crippen LogP contribution in [-0.2, 0) is 0 Å². The van der Waals surface area contributed by atoms with Gasteiger partial charge in [-0.25, -0.2) is 15.0 Å². The van der Waals surface area contributed by atoms with E-state index in [0.29, 0.717) is 17.8 Å². The van der Waals surface area contributed by atoms with Gasteiger partial charge >= 0.3 is 0 Å². The molecule has 6 nitrogen and oxygen atoms in total. The third kappa shape index (κ3) is 2.73. The lowest BCUT2D eigenvalue weighted by molar-refractivity contribution is 0.533. The SMILES string of the molecule is CC(C)c1cc(N2CC3CN(c4cnccn4)CC3C2)ncn1. The molecule has 0 spiro atoms. The first kappa shape index (κ1) is 14.4. The van der Waals surface area contributed by atoms with Gasteiger partial charge in [0.05, 0.1) is 6.20 Å². The molecule has 2 fully saturated rings. The van der Waals surface area contributed by atoms with E-state index in [1.807, 2.05) is 6.20 Å². The standard InChI is InChI=1S/C17H22N6/c1-12(2)15-5-16(21-11-20-15)22-7-13-9-23(10-14(13)8-22)17-6-18-3-4-19-17/h3-6,11-14H,7-10H2,1-2H3. The molecule has 23 heavy (non-hydrogen) atoms. The molecule has 2 atom stereocenters. The average molecular weight is 310 g/mol. The van der Waals surface area contributed by atoms with Crippen molar-refractivity contribution in [3.8, 4) is 0 Å². The molecule has 2 aliphatic heterocycles. The van der Waals surface area contributed by atoms with Gasteiger partial charge in [-0.3, -0.25) is 4.98 Å². The van der Waals surface area contributed by atoms with Crippen molar-refractivity contribution < 1.29 is 0 Å². The van der Waals surface area contributed by atoms with E-state index in [9.17, 15) is 0 Å². The van der Waals surface area contributed by atoms with Crippen molar-refractivity contribution in [2.75, 3.05) is 36.0 Å². The van der Waals surface area contributed by atoms with Crippen molar-refractivity contribution in [2.45, 2.75) is 19.8 Å². The minimum Gasteiger partial charge on any atom is -0.356 e. The first-order chi connectivity index (χ1) is 11.2. The van der Waals surface area contributed by atoms with Crippen LogP contribution in [0.15, 0.2) is 31.0 Å². The molecule has 0 radical (unpaired) electrons. The quantitative estimate of drug-likeness (QED) is 0.864. The van der Waals surface area contributed by atoms with E-state index in [-0.39, 0.29) is 0 Å². The summed E-state index contributed by atoms with van der Waals surface area (Å²) in [5.74, 6) is 3.86. The summed E-state index contributed by atoms with van der Waals surface area (Å²) in [5.41, 5.74) is 1.12. The molecule has 4 rings (SSSR count). The summed E-state index contributed by atoms with van der Waals surface area (Å²) in [6, 6.07) is 2.14. The number of hydrogen-bond acceptors (Lipinski definition) is 6. The van der Waals surface area contributed by atoms with E-state index in [4.69, 9.17) is 0 Å². The van der Waals surface area contributed by atoms with Crippen molar-refractivity contribution >= 4 is 11.6 Å². The Labute approximate surface area is 136 Å². The van der Waals surface area contributed by atoms with Gasteiger partial charge in [-0.2, -0.15) is 0 Å². The zero-order valence-corrected chi connectivity index (χ0v) is 13.6. The number of rotatable bonds is 3. The van der Waals surface area contributed by atoms with Crippen LogP contribution in [0.4, 0.5) is 11.6 Å². The summed E-state index contributed by atoms with van der Waals surface area (Å²) >= 11 is 0. The van der Waals surface area contributed by atoms with Crippen LogP contribution in [0.2, 0.25) is 0 Å². The molecule has 4 heterocycles. The Morgan fingerprint density at radius 3 is 2.22 bits per heavy atom. The van der Waals surface area contributed by atoms with Crippen LogP contribution in [0.1, 0.15) is 25.5 Å². The van der Waals surface area contributed by atoms with E-state index in [2.05, 4.69) is 49.6 Å². The molecule has 0 N–H and O–H groups in total. The fraction of sp³-hybridized carbons (Fsp3) is 0.529. The Bertz CT molecular complexity index is 660. The van der Waals surface area contributed by atoms with Gasteiger partial charge < -0.3 is 9.80 Å². The van der Waals surface area contributed by atoms with Crippen LogP contribution in [0.3, 0.4) is 0 Å². The molecule has 2 saturated heterocycles. The van der Waals surface area contributed by atoms with Gasteiger partial charge in [0.1, 0.15) is 18.0 Å². The van der Waals surface area contributed by atoms with Crippen molar-refractivity contribution in [3.63, 3.8) is 0 Å². The molecule has 120 valence electrons. The van der Waals surface area contributed by atoms with Crippen LogP contribution >= 0.6 is 0 Å². The summed E-state index contributed by atoms with van der Waals surface area (Å²) in [5, 5.41) is 0. The molecule has 0 bridgehead atoms. The van der Waals surface area contributed by atoms with Gasteiger partial charge in [-0.15, -0.1) is 0 Å². The van der Waals surface area contributed by atoms with Crippen LogP contribution in [0.5, 0.6) is 0 Å². The van der Waals surface area contributed by atoms with Gasteiger partial charge in [0.25, 0.3) is 0 Å². The van der Waals surface area contributed by atoms with E-state index in [0.717, 1.165) is 43.5 Å². The van der Waals surface area contributed by atoms with Crippen LogP contribution in [0, 0.1) is 11.8 Å². The fourth-order valence-electron chi connectivity index (χ4n) is 3.67. The van der Waals surface area contributed by atoms with Crippen molar-refractivity contribution in [3.05, 3.63) is 36.7 Å². The van der Waals surface area contributed by atoms with Gasteiger partial charge in [-0.05, 0) is 5.92 Å². The maximum Gasteiger partial charge on any atom is 0.147 e. The van der Waals surface area contributed by atoms with Gasteiger partial charge in [0.2, 0.25) is 0 Å². The minimum absolute atomic E-state index is 0.436. The van der Waals surface area contributed by atoms with Gasteiger partial charge in [0, 0.05) is 62.2 Å². The second-order valence-electron chi connectivity index (χ2n) is 6.85. The number of nitrogens with zero attached hydrogens (tertiary/aromatic N) is 6. The predicted octanol–water partition coefficient (Wildman–Crippen LogP) is 1.96. The Hall–Kier alpha value is -2.24. The largest absolute Gasteiger partial charge is 0.356 e. The molecule has 6 heteroatoms. The number of aromatic nitrogens is 4. The maximum atomic E-state index is 4.49. The molecule has 0 amide bonds. The summed E-state index contributed by atoms with van der Waals surface area (Å²) in [6.07, 6.45) is 7.05. The molecule has 2 aromatic rings. The van der Waals surface area contributed by atoms with Gasteiger partial charge in [-0.1, -0.05) is 13.8 Å². The predicted molar refractivity (Wildman–Crippen MR) is 89.6 cm³/mol. The van der Waals surface area contributed by atoms with Gasteiger partial charge in [0.15, 0.2) is 0 Å². The van der Waals surface area contributed by atoms with Crippen molar-refractivity contribution in [1.29, 1.82) is 0 Å². The Morgan fingerprint density at radius 2 is 1.61 bits per heavy atom. The lowest BCUT2D eigenvalue weighted by Gasteiger charge is -2.23. The zero-order chi connectivity index (χ0) is 15.8. The van der Waals surface area contributed by atoms with Crippen molar-refractivity contribution in [2.24, 2.45) is 11.8 Å². The second-order valence-corrected chi connectivity index (χ2v) is 6.85. The molecule has 0 aliphatic carbocycles.